The lowest BCUT2D eigenvalue weighted by molar-refractivity contribution is 0.0696. The summed E-state index contributed by atoms with van der Waals surface area (Å²) in [7, 11) is -3.05. The van der Waals surface area contributed by atoms with E-state index in [2.05, 4.69) is 0 Å². The molecule has 20 heavy (non-hydrogen) atoms. The summed E-state index contributed by atoms with van der Waals surface area (Å²) >= 11 is 0. The molecule has 1 heterocycles. The zero-order valence-electron chi connectivity index (χ0n) is 10.4. The van der Waals surface area contributed by atoms with Crippen LogP contribution in [0.3, 0.4) is 0 Å². The van der Waals surface area contributed by atoms with E-state index in [1.807, 2.05) is 0 Å². The van der Waals surface area contributed by atoms with E-state index in [0.29, 0.717) is 5.69 Å². The van der Waals surface area contributed by atoms with Gasteiger partial charge in [-0.1, -0.05) is 0 Å². The Morgan fingerprint density at radius 2 is 1.40 bits per heavy atom. The second kappa shape index (κ2) is 5.12. The Hall–Kier alpha value is -2.09. The first-order valence-electron chi connectivity index (χ1n) is 5.85. The van der Waals surface area contributed by atoms with Crippen molar-refractivity contribution in [2.24, 2.45) is 0 Å². The van der Waals surface area contributed by atoms with Gasteiger partial charge in [0.2, 0.25) is 0 Å². The number of carboxylic acid groups (broad SMARTS) is 2. The van der Waals surface area contributed by atoms with Gasteiger partial charge in [-0.05, 0) is 18.2 Å². The Labute approximate surface area is 115 Å². The van der Waals surface area contributed by atoms with E-state index >= 15 is 0 Å². The highest BCUT2D eigenvalue weighted by Crippen LogP contribution is 2.21. The van der Waals surface area contributed by atoms with Gasteiger partial charge in [-0.25, -0.2) is 18.0 Å². The van der Waals surface area contributed by atoms with E-state index in [9.17, 15) is 18.0 Å². The van der Waals surface area contributed by atoms with E-state index < -0.39 is 21.8 Å². The topological polar surface area (TPSA) is 112 Å². The fourth-order valence-corrected chi connectivity index (χ4v) is 3.21. The molecule has 0 amide bonds. The molecular weight excluding hydrogens is 286 g/mol. The Morgan fingerprint density at radius 1 is 0.950 bits per heavy atom. The van der Waals surface area contributed by atoms with Crippen LogP contribution in [-0.2, 0) is 9.84 Å². The zero-order chi connectivity index (χ0) is 14.9. The van der Waals surface area contributed by atoms with Crippen LogP contribution in [-0.4, -0.2) is 55.2 Å². The van der Waals surface area contributed by atoms with Crippen molar-refractivity contribution in [1.82, 2.24) is 0 Å². The lowest BCUT2D eigenvalue weighted by Crippen LogP contribution is -2.40. The number of anilines is 1. The Bertz CT molecular complexity index is 620. The zero-order valence-corrected chi connectivity index (χ0v) is 11.3. The van der Waals surface area contributed by atoms with Crippen molar-refractivity contribution in [3.63, 3.8) is 0 Å². The molecule has 0 spiro atoms. The number of rotatable bonds is 3. The fourth-order valence-electron chi connectivity index (χ4n) is 2.01. The van der Waals surface area contributed by atoms with Crippen molar-refractivity contribution in [2.45, 2.75) is 0 Å². The third-order valence-corrected chi connectivity index (χ3v) is 4.73. The number of sulfone groups is 1. The molecule has 1 saturated heterocycles. The summed E-state index contributed by atoms with van der Waals surface area (Å²) in [6.07, 6.45) is 0. The van der Waals surface area contributed by atoms with E-state index in [0.717, 1.165) is 6.07 Å². The highest BCUT2D eigenvalue weighted by atomic mass is 32.2. The predicted molar refractivity (Wildman–Crippen MR) is 71.2 cm³/mol. The van der Waals surface area contributed by atoms with E-state index in [1.165, 1.54) is 12.1 Å². The molecule has 0 aromatic heterocycles. The van der Waals surface area contributed by atoms with Crippen LogP contribution >= 0.6 is 0 Å². The first-order chi connectivity index (χ1) is 9.28. The Kier molecular flexibility index (Phi) is 3.67. The smallest absolute Gasteiger partial charge is 0.335 e. The number of carboxylic acids is 2. The van der Waals surface area contributed by atoms with Gasteiger partial charge in [0.25, 0.3) is 0 Å². The molecule has 0 atom stereocenters. The standard InChI is InChI=1S/C12H13NO6S/c14-11(15)8-5-9(12(16)17)7-10(6-8)13-1-3-20(18,19)4-2-13/h5-7H,1-4H2,(H,14,15)(H,16,17). The molecule has 0 unspecified atom stereocenters. The van der Waals surface area contributed by atoms with Crippen LogP contribution in [0.4, 0.5) is 5.69 Å². The van der Waals surface area contributed by atoms with Crippen molar-refractivity contribution in [1.29, 1.82) is 0 Å². The number of carbonyl (C=O) groups is 2. The second-order valence-corrected chi connectivity index (χ2v) is 6.82. The van der Waals surface area contributed by atoms with Gasteiger partial charge in [0.05, 0.1) is 22.6 Å². The highest BCUT2D eigenvalue weighted by Gasteiger charge is 2.23. The summed E-state index contributed by atoms with van der Waals surface area (Å²) in [6, 6.07) is 3.79. The highest BCUT2D eigenvalue weighted by molar-refractivity contribution is 7.91. The predicted octanol–water partition coefficient (Wildman–Crippen LogP) is 0.318. The average Bonchev–Trinajstić information content (AvgIpc) is 2.38. The summed E-state index contributed by atoms with van der Waals surface area (Å²) in [4.78, 5) is 23.7. The number of nitrogens with zero attached hydrogens (tertiary/aromatic N) is 1. The van der Waals surface area contributed by atoms with Gasteiger partial charge in [0.15, 0.2) is 9.84 Å². The SMILES string of the molecule is O=C(O)c1cc(C(=O)O)cc(N2CCS(=O)(=O)CC2)c1. The third-order valence-electron chi connectivity index (χ3n) is 3.12. The van der Waals surface area contributed by atoms with Crippen LogP contribution in [0.25, 0.3) is 0 Å². The van der Waals surface area contributed by atoms with Crippen molar-refractivity contribution < 1.29 is 28.2 Å². The molecule has 8 heteroatoms. The largest absolute Gasteiger partial charge is 0.478 e. The van der Waals surface area contributed by atoms with Gasteiger partial charge >= 0.3 is 11.9 Å². The van der Waals surface area contributed by atoms with E-state index in [1.54, 1.807) is 4.90 Å². The van der Waals surface area contributed by atoms with Crippen molar-refractivity contribution in [3.05, 3.63) is 29.3 Å². The number of benzene rings is 1. The molecule has 1 aromatic carbocycles. The molecule has 0 saturated carbocycles. The van der Waals surface area contributed by atoms with Gasteiger partial charge in [0.1, 0.15) is 0 Å². The van der Waals surface area contributed by atoms with Gasteiger partial charge in [0, 0.05) is 18.8 Å². The molecular formula is C12H13NO6S. The summed E-state index contributed by atoms with van der Waals surface area (Å²) in [5.41, 5.74) is 0.152. The molecule has 1 aliphatic rings. The molecule has 108 valence electrons. The maximum atomic E-state index is 11.4. The minimum absolute atomic E-state index is 0.0211. The molecule has 1 fully saturated rings. The number of aromatic carboxylic acids is 2. The Balaban J connectivity index is 2.36. The molecule has 7 nitrogen and oxygen atoms in total. The van der Waals surface area contributed by atoms with Crippen LogP contribution < -0.4 is 4.90 Å². The Morgan fingerprint density at radius 3 is 1.80 bits per heavy atom. The summed E-state index contributed by atoms with van der Waals surface area (Å²) in [6.45, 7) is 0.453. The first-order valence-corrected chi connectivity index (χ1v) is 7.68. The molecule has 1 aliphatic heterocycles. The maximum absolute atomic E-state index is 11.4. The van der Waals surface area contributed by atoms with Crippen LogP contribution in [0.1, 0.15) is 20.7 Å². The number of hydrogen-bond acceptors (Lipinski definition) is 5. The normalized spacial score (nSPS) is 17.7. The first kappa shape index (κ1) is 14.3. The quantitative estimate of drug-likeness (QED) is 0.826. The van der Waals surface area contributed by atoms with E-state index in [4.69, 9.17) is 10.2 Å². The van der Waals surface area contributed by atoms with Crippen molar-refractivity contribution in [2.75, 3.05) is 29.5 Å². The molecule has 0 radical (unpaired) electrons. The van der Waals surface area contributed by atoms with Gasteiger partial charge < -0.3 is 15.1 Å². The number of hydrogen-bond donors (Lipinski definition) is 2. The van der Waals surface area contributed by atoms with Crippen LogP contribution in [0.2, 0.25) is 0 Å². The lowest BCUT2D eigenvalue weighted by Gasteiger charge is -2.29. The van der Waals surface area contributed by atoms with Crippen LogP contribution in [0.15, 0.2) is 18.2 Å². The summed E-state index contributed by atoms with van der Waals surface area (Å²) < 4.78 is 22.7. The lowest BCUT2D eigenvalue weighted by atomic mass is 10.1. The van der Waals surface area contributed by atoms with Crippen LogP contribution in [0.5, 0.6) is 0 Å². The molecule has 0 bridgehead atoms. The van der Waals surface area contributed by atoms with Gasteiger partial charge in [-0.2, -0.15) is 0 Å². The maximum Gasteiger partial charge on any atom is 0.335 e. The molecule has 0 aliphatic carbocycles. The minimum atomic E-state index is -3.05. The van der Waals surface area contributed by atoms with Crippen LogP contribution in [0, 0.1) is 0 Å². The summed E-state index contributed by atoms with van der Waals surface area (Å²) in [5, 5.41) is 18.0. The summed E-state index contributed by atoms with van der Waals surface area (Å²) in [5.74, 6) is -2.49. The minimum Gasteiger partial charge on any atom is -0.478 e. The van der Waals surface area contributed by atoms with Gasteiger partial charge in [-0.15, -0.1) is 0 Å². The molecule has 2 rings (SSSR count). The second-order valence-electron chi connectivity index (χ2n) is 4.52. The van der Waals surface area contributed by atoms with Gasteiger partial charge in [-0.3, -0.25) is 0 Å². The van der Waals surface area contributed by atoms with Crippen molar-refractivity contribution >= 4 is 27.5 Å². The molecule has 2 N–H and O–H groups in total. The average molecular weight is 299 g/mol. The van der Waals surface area contributed by atoms with E-state index in [-0.39, 0.29) is 35.7 Å². The monoisotopic (exact) mass is 299 g/mol. The third kappa shape index (κ3) is 3.08. The fraction of sp³-hybridized carbons (Fsp3) is 0.333. The molecule has 1 aromatic rings. The van der Waals surface area contributed by atoms with Crippen molar-refractivity contribution in [3.8, 4) is 0 Å².